The Bertz CT molecular complexity index is 1510. The molecule has 0 atom stereocenters. The first-order chi connectivity index (χ1) is 16.9. The Morgan fingerprint density at radius 2 is 1.26 bits per heavy atom. The monoisotopic (exact) mass is 476 g/mol. The van der Waals surface area contributed by atoms with Crippen molar-refractivity contribution in [3.8, 4) is 23.7 Å². The van der Waals surface area contributed by atoms with E-state index >= 15 is 0 Å². The maximum absolute atomic E-state index is 14.6. The third kappa shape index (κ3) is 5.51. The summed E-state index contributed by atoms with van der Waals surface area (Å²) in [6.45, 7) is 0.608. The van der Waals surface area contributed by atoms with Gasteiger partial charge in [0.25, 0.3) is 0 Å². The van der Waals surface area contributed by atoms with Crippen LogP contribution in [0.1, 0.15) is 27.8 Å². The summed E-state index contributed by atoms with van der Waals surface area (Å²) in [5.41, 5.74) is 1.72. The number of rotatable bonds is 3. The predicted molar refractivity (Wildman–Crippen MR) is 124 cm³/mol. The summed E-state index contributed by atoms with van der Waals surface area (Å²) in [5.74, 6) is 4.59. The van der Waals surface area contributed by atoms with Gasteiger partial charge in [0, 0.05) is 29.2 Å². The van der Waals surface area contributed by atoms with Gasteiger partial charge in [-0.2, -0.15) is 0 Å². The first-order valence-electron chi connectivity index (χ1n) is 10.5. The topological polar surface area (TPSA) is 9.23 Å². The highest BCUT2D eigenvalue weighted by Crippen LogP contribution is 2.24. The van der Waals surface area contributed by atoms with Crippen molar-refractivity contribution in [2.45, 2.75) is 6.42 Å². The zero-order valence-corrected chi connectivity index (χ0v) is 18.5. The number of fused-ring (bicyclic) bond motifs is 1. The Morgan fingerprint density at radius 1 is 0.629 bits per heavy atom. The minimum absolute atomic E-state index is 0.0755. The number of benzene rings is 4. The van der Waals surface area contributed by atoms with E-state index in [0.717, 1.165) is 30.2 Å². The summed E-state index contributed by atoms with van der Waals surface area (Å²) in [4.78, 5) is 0. The molecule has 4 aromatic carbocycles. The number of halogens is 5. The van der Waals surface area contributed by atoms with Gasteiger partial charge in [0.1, 0.15) is 11.6 Å². The van der Waals surface area contributed by atoms with Gasteiger partial charge in [0.15, 0.2) is 17.5 Å². The largest absolute Gasteiger partial charge is 0.384 e. The lowest BCUT2D eigenvalue weighted by molar-refractivity contribution is 0.202. The van der Waals surface area contributed by atoms with E-state index in [4.69, 9.17) is 4.74 Å². The fourth-order valence-corrected chi connectivity index (χ4v) is 3.40. The average molecular weight is 476 g/mol. The van der Waals surface area contributed by atoms with Crippen molar-refractivity contribution in [1.82, 2.24) is 0 Å². The third-order valence-electron chi connectivity index (χ3n) is 5.25. The molecule has 0 aliphatic heterocycles. The second kappa shape index (κ2) is 10.4. The lowest BCUT2D eigenvalue weighted by Crippen LogP contribution is -1.94. The lowest BCUT2D eigenvalue weighted by atomic mass is 10.1. The molecule has 0 heterocycles. The fourth-order valence-electron chi connectivity index (χ4n) is 3.40. The molecule has 1 nitrogen and oxygen atoms in total. The smallest absolute Gasteiger partial charge is 0.195 e. The SMILES string of the molecule is COCCc1ccc(C#Cc2cc(F)c(C#Cc3ccc4c(F)c(F)c(F)cc4c3)c(F)c2)cc1. The maximum Gasteiger partial charge on any atom is 0.195 e. The number of ether oxygens (including phenoxy) is 1. The van der Waals surface area contributed by atoms with Gasteiger partial charge in [-0.15, -0.1) is 0 Å². The van der Waals surface area contributed by atoms with Crippen LogP contribution >= 0.6 is 0 Å². The molecule has 4 aromatic rings. The lowest BCUT2D eigenvalue weighted by Gasteiger charge is -2.03. The van der Waals surface area contributed by atoms with Crippen LogP contribution in [0.2, 0.25) is 0 Å². The van der Waals surface area contributed by atoms with Crippen molar-refractivity contribution in [1.29, 1.82) is 0 Å². The van der Waals surface area contributed by atoms with Crippen LogP contribution in [0.15, 0.2) is 60.7 Å². The van der Waals surface area contributed by atoms with Crippen LogP contribution < -0.4 is 0 Å². The van der Waals surface area contributed by atoms with Gasteiger partial charge >= 0.3 is 0 Å². The van der Waals surface area contributed by atoms with E-state index in [9.17, 15) is 22.0 Å². The second-order valence-electron chi connectivity index (χ2n) is 7.68. The van der Waals surface area contributed by atoms with E-state index in [0.29, 0.717) is 12.2 Å². The van der Waals surface area contributed by atoms with Crippen molar-refractivity contribution >= 4 is 10.8 Å². The molecule has 0 saturated heterocycles. The van der Waals surface area contributed by atoms with Crippen LogP contribution in [0.3, 0.4) is 0 Å². The number of hydrogen-bond donors (Lipinski definition) is 0. The molecule has 174 valence electrons. The molecule has 0 aromatic heterocycles. The van der Waals surface area contributed by atoms with E-state index < -0.39 is 34.6 Å². The van der Waals surface area contributed by atoms with E-state index in [1.54, 1.807) is 7.11 Å². The maximum atomic E-state index is 14.6. The van der Waals surface area contributed by atoms with E-state index in [-0.39, 0.29) is 21.9 Å². The van der Waals surface area contributed by atoms with Gasteiger partial charge in [-0.25, -0.2) is 22.0 Å². The van der Waals surface area contributed by atoms with Crippen LogP contribution in [-0.2, 0) is 11.2 Å². The summed E-state index contributed by atoms with van der Waals surface area (Å²) >= 11 is 0. The zero-order valence-electron chi connectivity index (χ0n) is 18.5. The summed E-state index contributed by atoms with van der Waals surface area (Å²) in [6, 6.07) is 14.4. The highest BCUT2D eigenvalue weighted by molar-refractivity contribution is 5.84. The molecule has 6 heteroatoms. The van der Waals surface area contributed by atoms with Gasteiger partial charge < -0.3 is 4.74 Å². The molecule has 35 heavy (non-hydrogen) atoms. The van der Waals surface area contributed by atoms with Crippen molar-refractivity contribution in [2.24, 2.45) is 0 Å². The van der Waals surface area contributed by atoms with Crippen molar-refractivity contribution < 1.29 is 26.7 Å². The Kier molecular flexibility index (Phi) is 7.15. The molecule has 0 saturated carbocycles. The van der Waals surface area contributed by atoms with Gasteiger partial charge in [-0.1, -0.05) is 41.9 Å². The Labute approximate surface area is 199 Å². The molecule has 0 unspecified atom stereocenters. The summed E-state index contributed by atoms with van der Waals surface area (Å²) in [5, 5.41) is -0.0501. The van der Waals surface area contributed by atoms with Crippen molar-refractivity contribution in [2.75, 3.05) is 13.7 Å². The standard InChI is InChI=1S/C29H17F5O/c1-35-13-12-19-4-2-18(3-5-19)6-7-21-15-25(30)24(26(31)16-21)11-9-20-8-10-23-22(14-20)17-27(32)29(34)28(23)33/h2-5,8,10,14-17H,12-13H2,1H3. The minimum atomic E-state index is -1.57. The average Bonchev–Trinajstić information content (AvgIpc) is 2.85. The molecule has 4 rings (SSSR count). The third-order valence-corrected chi connectivity index (χ3v) is 5.25. The van der Waals surface area contributed by atoms with Gasteiger partial charge in [-0.3, -0.25) is 0 Å². The van der Waals surface area contributed by atoms with Crippen LogP contribution in [0, 0.1) is 52.8 Å². The first-order valence-corrected chi connectivity index (χ1v) is 10.5. The van der Waals surface area contributed by atoms with Gasteiger partial charge in [0.05, 0.1) is 12.2 Å². The highest BCUT2D eigenvalue weighted by atomic mass is 19.2. The van der Waals surface area contributed by atoms with Crippen LogP contribution in [0.5, 0.6) is 0 Å². The molecular formula is C29H17F5O. The van der Waals surface area contributed by atoms with E-state index in [1.165, 1.54) is 18.2 Å². The molecule has 0 aliphatic rings. The molecule has 0 bridgehead atoms. The minimum Gasteiger partial charge on any atom is -0.384 e. The Hall–Kier alpha value is -4.13. The predicted octanol–water partition coefficient (Wildman–Crippen LogP) is 6.52. The molecule has 0 spiro atoms. The van der Waals surface area contributed by atoms with Crippen LogP contribution in [-0.4, -0.2) is 13.7 Å². The summed E-state index contributed by atoms with van der Waals surface area (Å²) < 4.78 is 74.9. The zero-order chi connectivity index (χ0) is 24.9. The molecule has 0 aliphatic carbocycles. The number of methoxy groups -OCH3 is 1. The molecule has 0 fully saturated rings. The molecule has 0 amide bonds. The Balaban J connectivity index is 1.57. The highest BCUT2D eigenvalue weighted by Gasteiger charge is 2.13. The van der Waals surface area contributed by atoms with Crippen LogP contribution in [0.4, 0.5) is 22.0 Å². The van der Waals surface area contributed by atoms with E-state index in [2.05, 4.69) is 23.7 Å². The molecular weight excluding hydrogens is 459 g/mol. The first kappa shape index (κ1) is 24.0. The molecule has 0 N–H and O–H groups in total. The quantitative estimate of drug-likeness (QED) is 0.186. The van der Waals surface area contributed by atoms with Crippen LogP contribution in [0.25, 0.3) is 10.8 Å². The molecule has 0 radical (unpaired) electrons. The Morgan fingerprint density at radius 3 is 1.94 bits per heavy atom. The van der Waals surface area contributed by atoms with Gasteiger partial charge in [-0.05, 0) is 59.8 Å². The van der Waals surface area contributed by atoms with Crippen molar-refractivity contribution in [3.63, 3.8) is 0 Å². The van der Waals surface area contributed by atoms with E-state index in [1.807, 2.05) is 24.3 Å². The number of hydrogen-bond acceptors (Lipinski definition) is 1. The second-order valence-corrected chi connectivity index (χ2v) is 7.68. The summed E-state index contributed by atoms with van der Waals surface area (Å²) in [7, 11) is 1.63. The normalized spacial score (nSPS) is 10.5. The summed E-state index contributed by atoms with van der Waals surface area (Å²) in [6.07, 6.45) is 0.772. The van der Waals surface area contributed by atoms with Crippen molar-refractivity contribution in [3.05, 3.63) is 118 Å². The fraction of sp³-hybridized carbons (Fsp3) is 0.103. The van der Waals surface area contributed by atoms with Gasteiger partial charge in [0.2, 0.25) is 0 Å².